The summed E-state index contributed by atoms with van der Waals surface area (Å²) in [4.78, 5) is 11.4. The quantitative estimate of drug-likeness (QED) is 0.596. The second kappa shape index (κ2) is 3.61. The molecule has 0 aliphatic carbocycles. The van der Waals surface area contributed by atoms with Crippen LogP contribution in [-0.2, 0) is 4.74 Å². The van der Waals surface area contributed by atoms with Gasteiger partial charge in [0.15, 0.2) is 11.3 Å². The van der Waals surface area contributed by atoms with Crippen molar-refractivity contribution in [2.45, 2.75) is 6.92 Å². The molecule has 2 rings (SSSR count). The maximum absolute atomic E-state index is 11.4. The average molecular weight is 206 g/mol. The third-order valence-electron chi connectivity index (χ3n) is 1.96. The van der Waals surface area contributed by atoms with Crippen LogP contribution in [0.25, 0.3) is 11.0 Å². The lowest BCUT2D eigenvalue weighted by atomic mass is 10.2. The number of aromatic nitrogens is 1. The molecule has 0 saturated heterocycles. The third-order valence-corrected chi connectivity index (χ3v) is 1.96. The summed E-state index contributed by atoms with van der Waals surface area (Å²) in [7, 11) is 0. The van der Waals surface area contributed by atoms with E-state index >= 15 is 0 Å². The summed E-state index contributed by atoms with van der Waals surface area (Å²) in [5, 5.41) is 4.23. The van der Waals surface area contributed by atoms with Crippen molar-refractivity contribution in [2.24, 2.45) is 0 Å². The maximum atomic E-state index is 11.4. The highest BCUT2D eigenvalue weighted by molar-refractivity contribution is 6.01. The Kier molecular flexibility index (Phi) is 2.29. The van der Waals surface area contributed by atoms with Crippen molar-refractivity contribution >= 4 is 22.6 Å². The summed E-state index contributed by atoms with van der Waals surface area (Å²) < 4.78 is 9.80. The number of nitrogen functional groups attached to an aromatic ring is 1. The number of nitrogens with zero attached hydrogens (tertiary/aromatic N) is 1. The normalized spacial score (nSPS) is 10.5. The molecule has 15 heavy (non-hydrogen) atoms. The van der Waals surface area contributed by atoms with Crippen LogP contribution >= 0.6 is 0 Å². The minimum Gasteiger partial charge on any atom is -0.461 e. The van der Waals surface area contributed by atoms with E-state index in [1.54, 1.807) is 25.1 Å². The topological polar surface area (TPSA) is 78.3 Å². The molecule has 5 heteroatoms. The fourth-order valence-corrected chi connectivity index (χ4v) is 1.30. The van der Waals surface area contributed by atoms with Gasteiger partial charge in [-0.1, -0.05) is 5.16 Å². The largest absolute Gasteiger partial charge is 0.461 e. The van der Waals surface area contributed by atoms with Crippen LogP contribution in [0.1, 0.15) is 17.4 Å². The first kappa shape index (κ1) is 9.51. The van der Waals surface area contributed by atoms with E-state index < -0.39 is 5.97 Å². The zero-order valence-electron chi connectivity index (χ0n) is 8.19. The van der Waals surface area contributed by atoms with Crippen LogP contribution < -0.4 is 5.73 Å². The van der Waals surface area contributed by atoms with Gasteiger partial charge in [0.05, 0.1) is 12.0 Å². The first-order valence-corrected chi connectivity index (χ1v) is 4.54. The predicted molar refractivity (Wildman–Crippen MR) is 54.4 cm³/mol. The van der Waals surface area contributed by atoms with Gasteiger partial charge in [-0.15, -0.1) is 0 Å². The van der Waals surface area contributed by atoms with Crippen LogP contribution in [0.2, 0.25) is 0 Å². The lowest BCUT2D eigenvalue weighted by Crippen LogP contribution is -2.05. The number of fused-ring (bicyclic) bond motifs is 1. The number of esters is 1. The predicted octanol–water partition coefficient (Wildman–Crippen LogP) is 1.59. The summed E-state index contributed by atoms with van der Waals surface area (Å²) in [6, 6.07) is 4.99. The molecule has 0 spiro atoms. The molecule has 0 fully saturated rings. The molecule has 2 aromatic rings. The molecule has 0 bridgehead atoms. The molecule has 0 radical (unpaired) electrons. The average Bonchev–Trinajstić information content (AvgIpc) is 2.60. The van der Waals surface area contributed by atoms with E-state index in [1.807, 2.05) is 0 Å². The summed E-state index contributed by atoms with van der Waals surface area (Å²) >= 11 is 0. The maximum Gasteiger partial charge on any atom is 0.361 e. The Morgan fingerprint density at radius 1 is 1.60 bits per heavy atom. The van der Waals surface area contributed by atoms with E-state index in [1.165, 1.54) is 0 Å². The summed E-state index contributed by atoms with van der Waals surface area (Å²) in [5.74, 6) is -0.498. The molecule has 0 unspecified atom stereocenters. The molecular formula is C10H10N2O3. The monoisotopic (exact) mass is 206 g/mol. The standard InChI is InChI=1S/C10H10N2O3/c1-2-14-10(13)9-7-5-6(11)3-4-8(7)15-12-9/h3-5H,2,11H2,1H3. The Morgan fingerprint density at radius 2 is 2.40 bits per heavy atom. The summed E-state index contributed by atoms with van der Waals surface area (Å²) in [6.45, 7) is 2.03. The van der Waals surface area contributed by atoms with Crippen molar-refractivity contribution in [3.05, 3.63) is 23.9 Å². The Bertz CT molecular complexity index is 504. The van der Waals surface area contributed by atoms with Gasteiger partial charge in [-0.25, -0.2) is 4.79 Å². The fourth-order valence-electron chi connectivity index (χ4n) is 1.30. The summed E-state index contributed by atoms with van der Waals surface area (Å²) in [5.41, 5.74) is 6.84. The Morgan fingerprint density at radius 3 is 3.13 bits per heavy atom. The second-order valence-electron chi connectivity index (χ2n) is 3.01. The van der Waals surface area contributed by atoms with Crippen LogP contribution in [0.5, 0.6) is 0 Å². The molecule has 2 N–H and O–H groups in total. The molecule has 0 aliphatic rings. The van der Waals surface area contributed by atoms with Gasteiger partial charge in [0.25, 0.3) is 0 Å². The van der Waals surface area contributed by atoms with Crippen molar-refractivity contribution in [1.29, 1.82) is 0 Å². The van der Waals surface area contributed by atoms with Crippen LogP contribution in [0, 0.1) is 0 Å². The van der Waals surface area contributed by atoms with E-state index in [0.29, 0.717) is 23.3 Å². The highest BCUT2D eigenvalue weighted by Gasteiger charge is 2.16. The zero-order valence-corrected chi connectivity index (χ0v) is 8.19. The molecule has 0 amide bonds. The number of ether oxygens (including phenoxy) is 1. The molecule has 0 aliphatic heterocycles. The van der Waals surface area contributed by atoms with Crippen LogP contribution in [0.15, 0.2) is 22.7 Å². The number of benzene rings is 1. The highest BCUT2D eigenvalue weighted by atomic mass is 16.5. The molecule has 78 valence electrons. The summed E-state index contributed by atoms with van der Waals surface area (Å²) in [6.07, 6.45) is 0. The van der Waals surface area contributed by atoms with E-state index in [2.05, 4.69) is 5.16 Å². The van der Waals surface area contributed by atoms with Gasteiger partial charge in [0.1, 0.15) is 0 Å². The molecule has 0 atom stereocenters. The highest BCUT2D eigenvalue weighted by Crippen LogP contribution is 2.21. The number of carbonyl (C=O) groups is 1. The van der Waals surface area contributed by atoms with Crippen molar-refractivity contribution in [2.75, 3.05) is 12.3 Å². The molecule has 1 aromatic carbocycles. The van der Waals surface area contributed by atoms with E-state index in [4.69, 9.17) is 15.0 Å². The first-order chi connectivity index (χ1) is 7.22. The SMILES string of the molecule is CCOC(=O)c1noc2ccc(N)cc12. The smallest absolute Gasteiger partial charge is 0.361 e. The van der Waals surface area contributed by atoms with Crippen molar-refractivity contribution in [3.8, 4) is 0 Å². The molecular weight excluding hydrogens is 196 g/mol. The fraction of sp³-hybridized carbons (Fsp3) is 0.200. The molecule has 0 saturated carbocycles. The lowest BCUT2D eigenvalue weighted by molar-refractivity contribution is 0.0517. The Hall–Kier alpha value is -2.04. The van der Waals surface area contributed by atoms with E-state index in [0.717, 1.165) is 0 Å². The first-order valence-electron chi connectivity index (χ1n) is 4.54. The number of anilines is 1. The Labute approximate surface area is 85.8 Å². The number of nitrogens with two attached hydrogens (primary N) is 1. The van der Waals surface area contributed by atoms with Crippen molar-refractivity contribution in [1.82, 2.24) is 5.16 Å². The number of hydrogen-bond donors (Lipinski definition) is 1. The number of rotatable bonds is 2. The van der Waals surface area contributed by atoms with Crippen molar-refractivity contribution < 1.29 is 14.1 Å². The minimum atomic E-state index is -0.498. The van der Waals surface area contributed by atoms with Gasteiger partial charge in [-0.3, -0.25) is 0 Å². The van der Waals surface area contributed by atoms with Gasteiger partial charge >= 0.3 is 5.97 Å². The van der Waals surface area contributed by atoms with Gasteiger partial charge in [-0.2, -0.15) is 0 Å². The molecule has 5 nitrogen and oxygen atoms in total. The van der Waals surface area contributed by atoms with Crippen LogP contribution in [0.4, 0.5) is 5.69 Å². The Balaban J connectivity index is 2.52. The molecule has 1 heterocycles. The van der Waals surface area contributed by atoms with E-state index in [-0.39, 0.29) is 5.69 Å². The zero-order chi connectivity index (χ0) is 10.8. The van der Waals surface area contributed by atoms with Crippen LogP contribution in [0.3, 0.4) is 0 Å². The van der Waals surface area contributed by atoms with Gasteiger partial charge in [-0.05, 0) is 25.1 Å². The van der Waals surface area contributed by atoms with Crippen molar-refractivity contribution in [3.63, 3.8) is 0 Å². The number of hydrogen-bond acceptors (Lipinski definition) is 5. The van der Waals surface area contributed by atoms with Gasteiger partial charge in [0, 0.05) is 5.69 Å². The third kappa shape index (κ3) is 1.63. The van der Waals surface area contributed by atoms with E-state index in [9.17, 15) is 4.79 Å². The number of carbonyl (C=O) groups excluding carboxylic acids is 1. The van der Waals surface area contributed by atoms with Crippen LogP contribution in [-0.4, -0.2) is 17.7 Å². The lowest BCUT2D eigenvalue weighted by Gasteiger charge is -1.97. The minimum absolute atomic E-state index is 0.166. The van der Waals surface area contributed by atoms with Gasteiger partial charge < -0.3 is 15.0 Å². The second-order valence-corrected chi connectivity index (χ2v) is 3.01. The van der Waals surface area contributed by atoms with Gasteiger partial charge in [0.2, 0.25) is 0 Å². The molecule has 1 aromatic heterocycles.